The second kappa shape index (κ2) is 4.80. The number of carbonyl (C=O) groups excluding carboxylic acids is 1. The van der Waals surface area contributed by atoms with E-state index in [0.717, 1.165) is 19.4 Å². The number of amides is 1. The molecule has 2 N–H and O–H groups in total. The van der Waals surface area contributed by atoms with Gasteiger partial charge in [0, 0.05) is 5.02 Å². The van der Waals surface area contributed by atoms with E-state index < -0.39 is 5.82 Å². The zero-order chi connectivity index (χ0) is 11.5. The number of carbonyl (C=O) groups is 1. The van der Waals surface area contributed by atoms with Crippen LogP contribution in [0.25, 0.3) is 0 Å². The number of hydrogen-bond donors (Lipinski definition) is 2. The zero-order valence-electron chi connectivity index (χ0n) is 8.59. The molecule has 5 heteroatoms. The molecular formula is C11H12ClFN2O. The number of nitrogens with one attached hydrogen (secondary N) is 2. The summed E-state index contributed by atoms with van der Waals surface area (Å²) in [5.41, 5.74) is 0.131. The molecule has 1 unspecified atom stereocenters. The fourth-order valence-corrected chi connectivity index (χ4v) is 1.89. The van der Waals surface area contributed by atoms with Gasteiger partial charge in [-0.15, -0.1) is 0 Å². The van der Waals surface area contributed by atoms with E-state index in [1.54, 1.807) is 0 Å². The quantitative estimate of drug-likeness (QED) is 0.835. The summed E-state index contributed by atoms with van der Waals surface area (Å²) in [6.45, 7) is 0.829. The molecule has 3 nitrogen and oxygen atoms in total. The van der Waals surface area contributed by atoms with E-state index in [4.69, 9.17) is 11.6 Å². The first-order valence-electron chi connectivity index (χ1n) is 5.16. The first-order chi connectivity index (χ1) is 7.66. The van der Waals surface area contributed by atoms with Gasteiger partial charge in [-0.1, -0.05) is 11.6 Å². The van der Waals surface area contributed by atoms with Crippen molar-refractivity contribution >= 4 is 23.2 Å². The second-order valence-electron chi connectivity index (χ2n) is 3.76. The standard InChI is InChI=1S/C11H12ClFN2O/c12-7-3-4-8(13)10(6-7)15-11(16)9-2-1-5-14-9/h3-4,6,9,14H,1-2,5H2,(H,15,16). The maximum atomic E-state index is 13.3. The summed E-state index contributed by atoms with van der Waals surface area (Å²) >= 11 is 5.73. The van der Waals surface area contributed by atoms with Crippen molar-refractivity contribution in [2.24, 2.45) is 0 Å². The molecule has 1 saturated heterocycles. The Bertz CT molecular complexity index is 405. The molecule has 0 spiro atoms. The molecule has 0 saturated carbocycles. The van der Waals surface area contributed by atoms with E-state index in [9.17, 15) is 9.18 Å². The first kappa shape index (κ1) is 11.4. The maximum absolute atomic E-state index is 13.3. The van der Waals surface area contributed by atoms with Gasteiger partial charge in [-0.3, -0.25) is 4.79 Å². The molecule has 1 aromatic carbocycles. The van der Waals surface area contributed by atoms with Gasteiger partial charge in [0.2, 0.25) is 5.91 Å². The summed E-state index contributed by atoms with van der Waals surface area (Å²) in [7, 11) is 0. The number of anilines is 1. The molecule has 1 aliphatic heterocycles. The molecule has 2 rings (SSSR count). The molecule has 1 aliphatic rings. The minimum absolute atomic E-state index is 0.131. The van der Waals surface area contributed by atoms with Gasteiger partial charge in [0.15, 0.2) is 0 Å². The molecule has 16 heavy (non-hydrogen) atoms. The monoisotopic (exact) mass is 242 g/mol. The van der Waals surface area contributed by atoms with Gasteiger partial charge in [0.05, 0.1) is 11.7 Å². The van der Waals surface area contributed by atoms with E-state index in [0.29, 0.717) is 5.02 Å². The molecule has 86 valence electrons. The van der Waals surface area contributed by atoms with Gasteiger partial charge in [0.1, 0.15) is 5.82 Å². The highest BCUT2D eigenvalue weighted by molar-refractivity contribution is 6.30. The minimum atomic E-state index is -0.476. The van der Waals surface area contributed by atoms with Crippen LogP contribution in [0.2, 0.25) is 5.02 Å². The van der Waals surface area contributed by atoms with Crippen LogP contribution in [-0.4, -0.2) is 18.5 Å². The molecule has 1 aromatic rings. The average molecular weight is 243 g/mol. The van der Waals surface area contributed by atoms with Crippen molar-refractivity contribution in [1.82, 2.24) is 5.32 Å². The summed E-state index contributed by atoms with van der Waals surface area (Å²) in [6, 6.07) is 3.86. The number of benzene rings is 1. The predicted octanol–water partition coefficient (Wildman–Crippen LogP) is 2.17. The molecule has 1 atom stereocenters. The lowest BCUT2D eigenvalue weighted by atomic mass is 10.2. The summed E-state index contributed by atoms with van der Waals surface area (Å²) in [5, 5.41) is 5.97. The third-order valence-electron chi connectivity index (χ3n) is 2.56. The molecule has 0 bridgehead atoms. The van der Waals surface area contributed by atoms with Crippen LogP contribution >= 0.6 is 11.6 Å². The van der Waals surface area contributed by atoms with Crippen LogP contribution in [0, 0.1) is 5.82 Å². The van der Waals surface area contributed by atoms with Gasteiger partial charge in [0.25, 0.3) is 0 Å². The van der Waals surface area contributed by atoms with E-state index in [1.807, 2.05) is 0 Å². The van der Waals surface area contributed by atoms with Gasteiger partial charge in [-0.2, -0.15) is 0 Å². The summed E-state index contributed by atoms with van der Waals surface area (Å²) in [6.07, 6.45) is 1.75. The number of rotatable bonds is 2. The third-order valence-corrected chi connectivity index (χ3v) is 2.80. The Morgan fingerprint density at radius 3 is 3.06 bits per heavy atom. The van der Waals surface area contributed by atoms with Crippen LogP contribution in [0.15, 0.2) is 18.2 Å². The third kappa shape index (κ3) is 2.51. The maximum Gasteiger partial charge on any atom is 0.241 e. The topological polar surface area (TPSA) is 41.1 Å². The molecular weight excluding hydrogens is 231 g/mol. The molecule has 0 aromatic heterocycles. The van der Waals surface area contributed by atoms with Crippen molar-refractivity contribution in [3.63, 3.8) is 0 Å². The second-order valence-corrected chi connectivity index (χ2v) is 4.20. The lowest BCUT2D eigenvalue weighted by Gasteiger charge is -2.11. The first-order valence-corrected chi connectivity index (χ1v) is 5.54. The van der Waals surface area contributed by atoms with Crippen LogP contribution in [0.5, 0.6) is 0 Å². The van der Waals surface area contributed by atoms with Crippen molar-refractivity contribution in [3.8, 4) is 0 Å². The Morgan fingerprint density at radius 2 is 2.38 bits per heavy atom. The summed E-state index contributed by atoms with van der Waals surface area (Å²) in [4.78, 5) is 11.7. The van der Waals surface area contributed by atoms with Crippen molar-refractivity contribution in [3.05, 3.63) is 29.0 Å². The zero-order valence-corrected chi connectivity index (χ0v) is 9.35. The molecule has 0 aliphatic carbocycles. The van der Waals surface area contributed by atoms with Crippen LogP contribution in [0.4, 0.5) is 10.1 Å². The molecule has 0 radical (unpaired) electrons. The van der Waals surface area contributed by atoms with Crippen LogP contribution < -0.4 is 10.6 Å². The van der Waals surface area contributed by atoms with E-state index >= 15 is 0 Å². The van der Waals surface area contributed by atoms with Crippen molar-refractivity contribution in [2.75, 3.05) is 11.9 Å². The summed E-state index contributed by atoms with van der Waals surface area (Å²) < 4.78 is 13.3. The Balaban J connectivity index is 2.07. The van der Waals surface area contributed by atoms with Gasteiger partial charge in [-0.05, 0) is 37.6 Å². The minimum Gasteiger partial charge on any atom is -0.322 e. The van der Waals surface area contributed by atoms with Gasteiger partial charge >= 0.3 is 0 Å². The Hall–Kier alpha value is -1.13. The lowest BCUT2D eigenvalue weighted by molar-refractivity contribution is -0.117. The highest BCUT2D eigenvalue weighted by atomic mass is 35.5. The number of halogens is 2. The Morgan fingerprint density at radius 1 is 1.56 bits per heavy atom. The summed E-state index contributed by atoms with van der Waals surface area (Å²) in [5.74, 6) is -0.686. The van der Waals surface area contributed by atoms with Crippen LogP contribution in [-0.2, 0) is 4.79 Å². The van der Waals surface area contributed by atoms with Crippen molar-refractivity contribution in [2.45, 2.75) is 18.9 Å². The van der Waals surface area contributed by atoms with Gasteiger partial charge < -0.3 is 10.6 Å². The van der Waals surface area contributed by atoms with Crippen molar-refractivity contribution < 1.29 is 9.18 Å². The van der Waals surface area contributed by atoms with E-state index in [-0.39, 0.29) is 17.6 Å². The molecule has 1 amide bonds. The van der Waals surface area contributed by atoms with Gasteiger partial charge in [-0.25, -0.2) is 4.39 Å². The average Bonchev–Trinajstić information content (AvgIpc) is 2.76. The Kier molecular flexibility index (Phi) is 3.41. The van der Waals surface area contributed by atoms with E-state index in [2.05, 4.69) is 10.6 Å². The fraction of sp³-hybridized carbons (Fsp3) is 0.364. The predicted molar refractivity (Wildman–Crippen MR) is 61.1 cm³/mol. The highest BCUT2D eigenvalue weighted by Gasteiger charge is 2.22. The van der Waals surface area contributed by atoms with E-state index in [1.165, 1.54) is 18.2 Å². The Labute approximate surface area is 98.0 Å². The lowest BCUT2D eigenvalue weighted by Crippen LogP contribution is -2.35. The normalized spacial score (nSPS) is 19.8. The van der Waals surface area contributed by atoms with Crippen LogP contribution in [0.3, 0.4) is 0 Å². The fourth-order valence-electron chi connectivity index (χ4n) is 1.72. The van der Waals surface area contributed by atoms with Crippen LogP contribution in [0.1, 0.15) is 12.8 Å². The highest BCUT2D eigenvalue weighted by Crippen LogP contribution is 2.20. The largest absolute Gasteiger partial charge is 0.322 e. The number of hydrogen-bond acceptors (Lipinski definition) is 2. The SMILES string of the molecule is O=C(Nc1cc(Cl)ccc1F)C1CCCN1. The smallest absolute Gasteiger partial charge is 0.241 e. The van der Waals surface area contributed by atoms with Crippen molar-refractivity contribution in [1.29, 1.82) is 0 Å². The molecule has 1 heterocycles. The molecule has 1 fully saturated rings.